The Balaban J connectivity index is 0.00000600. The number of hydrazone groups is 1. The highest BCUT2D eigenvalue weighted by Crippen LogP contribution is 2.21. The van der Waals surface area contributed by atoms with Gasteiger partial charge in [-0.2, -0.15) is 5.10 Å². The Kier molecular flexibility index (Phi) is 14.7. The van der Waals surface area contributed by atoms with E-state index in [0.29, 0.717) is 30.0 Å². The number of benzene rings is 2. The molecule has 0 spiro atoms. The molecule has 2 aromatic carbocycles. The Morgan fingerprint density at radius 1 is 1.00 bits per heavy atom. The molecule has 2 heterocycles. The van der Waals surface area contributed by atoms with Crippen molar-refractivity contribution >= 4 is 59.1 Å². The number of nitrogens with zero attached hydrogens (tertiary/aromatic N) is 5. The molecule has 0 aliphatic carbocycles. The molecule has 0 fully saturated rings. The molecule has 250 valence electrons. The van der Waals surface area contributed by atoms with Gasteiger partial charge in [0.25, 0.3) is 5.91 Å². The van der Waals surface area contributed by atoms with Crippen molar-refractivity contribution in [2.45, 2.75) is 52.5 Å². The van der Waals surface area contributed by atoms with Gasteiger partial charge >= 0.3 is 12.1 Å². The number of amides is 2. The van der Waals surface area contributed by atoms with E-state index in [0.717, 1.165) is 48.3 Å². The number of carbonyl (C=O) groups excluding carboxylic acids is 3. The molecule has 4 aromatic rings. The minimum absolute atomic E-state index is 0. The van der Waals surface area contributed by atoms with Gasteiger partial charge in [0.05, 0.1) is 43.4 Å². The number of hydrogen-bond acceptors (Lipinski definition) is 9. The van der Waals surface area contributed by atoms with Gasteiger partial charge in [0.1, 0.15) is 11.6 Å². The van der Waals surface area contributed by atoms with Crippen LogP contribution < -0.4 is 15.6 Å². The molecule has 12 nitrogen and oxygen atoms in total. The lowest BCUT2D eigenvalue weighted by molar-refractivity contribution is -0.142. The van der Waals surface area contributed by atoms with E-state index in [4.69, 9.17) is 14.5 Å². The average molecular weight is 664 g/mol. The quantitative estimate of drug-likeness (QED) is 0.0621. The molecule has 47 heavy (non-hydrogen) atoms. The highest BCUT2D eigenvalue weighted by Gasteiger charge is 2.21. The van der Waals surface area contributed by atoms with Crippen molar-refractivity contribution in [3.8, 4) is 0 Å². The topological polar surface area (TPSA) is 140 Å². The van der Waals surface area contributed by atoms with Gasteiger partial charge in [-0.15, -0.1) is 12.4 Å². The summed E-state index contributed by atoms with van der Waals surface area (Å²) in [7, 11) is 1.93. The molecule has 0 unspecified atom stereocenters. The number of imidazole rings is 1. The highest BCUT2D eigenvalue weighted by molar-refractivity contribution is 6.07. The lowest BCUT2D eigenvalue weighted by Crippen LogP contribution is -2.34. The van der Waals surface area contributed by atoms with E-state index in [1.807, 2.05) is 41.9 Å². The summed E-state index contributed by atoms with van der Waals surface area (Å²) in [4.78, 5) is 48.0. The van der Waals surface area contributed by atoms with E-state index >= 15 is 0 Å². The number of anilines is 2. The summed E-state index contributed by atoms with van der Waals surface area (Å²) < 4.78 is 12.1. The Bertz CT molecular complexity index is 1630. The van der Waals surface area contributed by atoms with Crippen molar-refractivity contribution in [2.24, 2.45) is 12.1 Å². The molecule has 0 aliphatic rings. The maximum atomic E-state index is 13.6. The largest absolute Gasteiger partial charge is 0.466 e. The Labute approximate surface area is 281 Å². The predicted octanol–water partition coefficient (Wildman–Crippen LogP) is 6.24. The van der Waals surface area contributed by atoms with Crippen LogP contribution >= 0.6 is 12.4 Å². The minimum atomic E-state index is -0.565. The normalized spacial score (nSPS) is 10.8. The van der Waals surface area contributed by atoms with Crippen molar-refractivity contribution in [3.05, 3.63) is 83.8 Å². The number of halogens is 1. The fraction of sp³-hybridized carbons (Fsp3) is 0.353. The van der Waals surface area contributed by atoms with Crippen LogP contribution in [0.15, 0.2) is 72.0 Å². The molecular weight excluding hydrogens is 622 g/mol. The summed E-state index contributed by atoms with van der Waals surface area (Å²) in [6.45, 7) is 5.13. The van der Waals surface area contributed by atoms with E-state index in [1.54, 1.807) is 49.7 Å². The van der Waals surface area contributed by atoms with Gasteiger partial charge in [0, 0.05) is 31.0 Å². The molecular formula is C34H42ClN7O5. The van der Waals surface area contributed by atoms with Crippen LogP contribution in [0.3, 0.4) is 0 Å². The zero-order valence-corrected chi connectivity index (χ0v) is 27.8. The molecule has 2 aromatic heterocycles. The van der Waals surface area contributed by atoms with Crippen LogP contribution in [0.25, 0.3) is 11.0 Å². The molecule has 0 radical (unpaired) electrons. The number of carbonyl (C=O) groups is 3. The number of unbranched alkanes of at least 4 members (excludes halogenated alkanes) is 3. The summed E-state index contributed by atoms with van der Waals surface area (Å²) in [5.41, 5.74) is 6.07. The Hall–Kier alpha value is -4.97. The van der Waals surface area contributed by atoms with Gasteiger partial charge in [0.15, 0.2) is 0 Å². The number of nitrogens with one attached hydrogen (secondary N) is 2. The number of fused-ring (bicyclic) bond motifs is 1. The van der Waals surface area contributed by atoms with Crippen molar-refractivity contribution in [1.82, 2.24) is 20.0 Å². The summed E-state index contributed by atoms with van der Waals surface area (Å²) in [6, 6.07) is 18.3. The van der Waals surface area contributed by atoms with Crippen molar-refractivity contribution in [3.63, 3.8) is 0 Å². The average Bonchev–Trinajstić information content (AvgIpc) is 3.39. The summed E-state index contributed by atoms with van der Waals surface area (Å²) >= 11 is 0. The molecule has 4 rings (SSSR count). The van der Waals surface area contributed by atoms with E-state index in [2.05, 4.69) is 27.8 Å². The third-order valence-corrected chi connectivity index (χ3v) is 7.20. The zero-order valence-electron chi connectivity index (χ0n) is 27.0. The number of hydrogen-bond donors (Lipinski definition) is 2. The van der Waals surface area contributed by atoms with Gasteiger partial charge in [-0.25, -0.2) is 20.2 Å². The molecule has 0 saturated carbocycles. The van der Waals surface area contributed by atoms with Crippen LogP contribution in [0, 0.1) is 0 Å². The molecule has 13 heteroatoms. The minimum Gasteiger partial charge on any atom is -0.466 e. The maximum absolute atomic E-state index is 13.6. The van der Waals surface area contributed by atoms with E-state index in [9.17, 15) is 14.4 Å². The van der Waals surface area contributed by atoms with Gasteiger partial charge in [-0.1, -0.05) is 44.4 Å². The SMILES string of the molecule is CCCCCCOC(=O)N/N=C/c1ccc(NCc2nc3cc(C(=O)N(CCC(=O)OCC)c4ccccn4)ccc3n2C)cc1.Cl. The second-order valence-electron chi connectivity index (χ2n) is 10.5. The van der Waals surface area contributed by atoms with Gasteiger partial charge in [-0.3, -0.25) is 14.5 Å². The fourth-order valence-electron chi connectivity index (χ4n) is 4.72. The Morgan fingerprint density at radius 3 is 2.53 bits per heavy atom. The van der Waals surface area contributed by atoms with Crippen LogP contribution in [-0.4, -0.2) is 58.5 Å². The zero-order chi connectivity index (χ0) is 32.7. The third kappa shape index (κ3) is 10.8. The van der Waals surface area contributed by atoms with E-state index in [-0.39, 0.29) is 43.9 Å². The summed E-state index contributed by atoms with van der Waals surface area (Å²) in [6.07, 6.45) is 6.79. The molecule has 0 aliphatic heterocycles. The van der Waals surface area contributed by atoms with E-state index < -0.39 is 6.09 Å². The Morgan fingerprint density at radius 2 is 1.81 bits per heavy atom. The smallest absolute Gasteiger partial charge is 0.427 e. The van der Waals surface area contributed by atoms with Crippen molar-refractivity contribution < 1.29 is 23.9 Å². The van der Waals surface area contributed by atoms with Crippen molar-refractivity contribution in [2.75, 3.05) is 30.0 Å². The van der Waals surface area contributed by atoms with Gasteiger partial charge in [-0.05, 0) is 61.4 Å². The lowest BCUT2D eigenvalue weighted by atomic mass is 10.1. The van der Waals surface area contributed by atoms with Crippen LogP contribution in [0.5, 0.6) is 0 Å². The standard InChI is InChI=1S/C34H41N7O5.ClH/c1-4-6-7-10-21-46-34(44)39-37-23-25-12-15-27(16-13-25)36-24-31-38-28-22-26(14-17-29(28)40(31)3)33(43)41(20-18-32(42)45-5-2)30-11-8-9-19-35-30;/h8-9,11-17,19,22-23,36H,4-7,10,18,20-21,24H2,1-3H3,(H,39,44);1H/b37-23+;. The maximum Gasteiger partial charge on any atom is 0.427 e. The fourth-order valence-corrected chi connectivity index (χ4v) is 4.72. The molecule has 0 atom stereocenters. The number of ether oxygens (including phenoxy) is 2. The number of rotatable bonds is 16. The van der Waals surface area contributed by atoms with Crippen LogP contribution in [0.1, 0.15) is 67.7 Å². The highest BCUT2D eigenvalue weighted by atomic mass is 35.5. The lowest BCUT2D eigenvalue weighted by Gasteiger charge is -2.21. The van der Waals surface area contributed by atoms with Crippen LogP contribution in [0.2, 0.25) is 0 Å². The number of pyridine rings is 1. The van der Waals surface area contributed by atoms with Gasteiger partial charge < -0.3 is 19.4 Å². The first kappa shape index (κ1) is 36.5. The number of aryl methyl sites for hydroxylation is 1. The first-order chi connectivity index (χ1) is 22.4. The van der Waals surface area contributed by atoms with E-state index in [1.165, 1.54) is 4.90 Å². The predicted molar refractivity (Wildman–Crippen MR) is 185 cm³/mol. The van der Waals surface area contributed by atoms with Crippen LogP contribution in [0.4, 0.5) is 16.3 Å². The van der Waals surface area contributed by atoms with Crippen molar-refractivity contribution in [1.29, 1.82) is 0 Å². The number of esters is 1. The summed E-state index contributed by atoms with van der Waals surface area (Å²) in [5.74, 6) is 0.575. The molecule has 0 saturated heterocycles. The molecule has 2 amide bonds. The third-order valence-electron chi connectivity index (χ3n) is 7.20. The molecule has 2 N–H and O–H groups in total. The van der Waals surface area contributed by atoms with Crippen LogP contribution in [-0.2, 0) is 27.9 Å². The summed E-state index contributed by atoms with van der Waals surface area (Å²) in [5, 5.41) is 7.33. The second-order valence-corrected chi connectivity index (χ2v) is 10.5. The number of aromatic nitrogens is 3. The van der Waals surface area contributed by atoms with Gasteiger partial charge in [0.2, 0.25) is 0 Å². The first-order valence-electron chi connectivity index (χ1n) is 15.5. The second kappa shape index (κ2) is 18.9. The molecule has 0 bridgehead atoms. The monoisotopic (exact) mass is 663 g/mol. The first-order valence-corrected chi connectivity index (χ1v) is 15.5.